The third kappa shape index (κ3) is 0.922. The minimum absolute atomic E-state index is 0.310. The minimum Gasteiger partial charge on any atom is -0.407 e. The number of fused-ring (bicyclic) bond motifs is 1. The topological polar surface area (TPSA) is 46.0 Å². The number of hydrogen-bond acceptors (Lipinski definition) is 2. The van der Waals surface area contributed by atoms with Gasteiger partial charge in [-0.2, -0.15) is 0 Å². The van der Waals surface area contributed by atoms with E-state index in [4.69, 9.17) is 4.42 Å². The zero-order valence-corrected chi connectivity index (χ0v) is 6.13. The van der Waals surface area contributed by atoms with E-state index in [0.717, 1.165) is 0 Å². The first-order chi connectivity index (χ1) is 5.81. The van der Waals surface area contributed by atoms with Crippen LogP contribution >= 0.6 is 0 Å². The Hall–Kier alpha value is -1.58. The zero-order chi connectivity index (χ0) is 8.55. The Morgan fingerprint density at radius 3 is 3.08 bits per heavy atom. The average Bonchev–Trinajstić information content (AvgIpc) is 2.44. The Morgan fingerprint density at radius 1 is 1.50 bits per heavy atom. The first kappa shape index (κ1) is 7.09. The van der Waals surface area contributed by atoms with Gasteiger partial charge in [-0.25, -0.2) is 9.18 Å². The van der Waals surface area contributed by atoms with Crippen molar-refractivity contribution in [2.45, 2.75) is 6.67 Å². The van der Waals surface area contributed by atoms with E-state index in [1.165, 1.54) is 0 Å². The van der Waals surface area contributed by atoms with Crippen molar-refractivity contribution in [3.8, 4) is 0 Å². The van der Waals surface area contributed by atoms with E-state index >= 15 is 0 Å². The lowest BCUT2D eigenvalue weighted by molar-refractivity contribution is 0.476. The SMILES string of the molecule is O=c1[nH]c2cccc(CF)c2o1. The van der Waals surface area contributed by atoms with Crippen molar-refractivity contribution in [2.24, 2.45) is 0 Å². The number of alkyl halides is 1. The van der Waals surface area contributed by atoms with Crippen LogP contribution in [0.2, 0.25) is 0 Å². The molecule has 0 saturated heterocycles. The van der Waals surface area contributed by atoms with Crippen molar-refractivity contribution in [3.05, 3.63) is 34.3 Å². The molecule has 0 unspecified atom stereocenters. The summed E-state index contributed by atoms with van der Waals surface area (Å²) < 4.78 is 17.0. The summed E-state index contributed by atoms with van der Waals surface area (Å²) in [5.74, 6) is -0.550. The molecule has 0 radical (unpaired) electrons. The molecule has 0 aliphatic heterocycles. The van der Waals surface area contributed by atoms with Gasteiger partial charge in [0.05, 0.1) is 5.52 Å². The summed E-state index contributed by atoms with van der Waals surface area (Å²) in [6.07, 6.45) is 0. The van der Waals surface area contributed by atoms with Gasteiger partial charge in [0, 0.05) is 5.56 Å². The third-order valence-corrected chi connectivity index (χ3v) is 1.67. The van der Waals surface area contributed by atoms with Crippen molar-refractivity contribution in [1.82, 2.24) is 4.98 Å². The summed E-state index contributed by atoms with van der Waals surface area (Å²) in [6, 6.07) is 4.92. The van der Waals surface area contributed by atoms with Crippen molar-refractivity contribution >= 4 is 11.1 Å². The molecule has 0 fully saturated rings. The second-order valence-corrected chi connectivity index (χ2v) is 2.44. The van der Waals surface area contributed by atoms with Gasteiger partial charge in [-0.05, 0) is 6.07 Å². The zero-order valence-electron chi connectivity index (χ0n) is 6.13. The first-order valence-corrected chi connectivity index (χ1v) is 3.48. The molecule has 0 spiro atoms. The number of halogens is 1. The van der Waals surface area contributed by atoms with Crippen LogP contribution < -0.4 is 5.76 Å². The predicted molar refractivity (Wildman–Crippen MR) is 41.6 cm³/mol. The normalized spacial score (nSPS) is 10.8. The highest BCUT2D eigenvalue weighted by Crippen LogP contribution is 2.15. The van der Waals surface area contributed by atoms with E-state index < -0.39 is 12.4 Å². The number of para-hydroxylation sites is 1. The molecule has 0 aliphatic rings. The fourth-order valence-corrected chi connectivity index (χ4v) is 1.14. The molecule has 0 aliphatic carbocycles. The Labute approximate surface area is 66.8 Å². The first-order valence-electron chi connectivity index (χ1n) is 3.48. The number of H-pyrrole nitrogens is 1. The average molecular weight is 167 g/mol. The summed E-state index contributed by atoms with van der Waals surface area (Å²) in [5, 5.41) is 0. The number of oxazole rings is 1. The molecular weight excluding hydrogens is 161 g/mol. The highest BCUT2D eigenvalue weighted by molar-refractivity contribution is 5.75. The van der Waals surface area contributed by atoms with Crippen molar-refractivity contribution in [2.75, 3.05) is 0 Å². The maximum absolute atomic E-state index is 12.3. The molecule has 2 aromatic rings. The smallest absolute Gasteiger partial charge is 0.407 e. The molecule has 1 aromatic heterocycles. The standard InChI is InChI=1S/C8H6FNO2/c9-4-5-2-1-3-6-7(5)12-8(11)10-6/h1-3H,4H2,(H,10,11). The summed E-state index contributed by atoms with van der Waals surface area (Å²) >= 11 is 0. The van der Waals surface area contributed by atoms with Gasteiger partial charge in [-0.15, -0.1) is 0 Å². The van der Waals surface area contributed by atoms with Crippen molar-refractivity contribution in [3.63, 3.8) is 0 Å². The fraction of sp³-hybridized carbons (Fsp3) is 0.125. The second kappa shape index (κ2) is 2.48. The molecule has 62 valence electrons. The van der Waals surface area contributed by atoms with Gasteiger partial charge in [0.2, 0.25) is 0 Å². The Kier molecular flexibility index (Phi) is 1.46. The van der Waals surface area contributed by atoms with Gasteiger partial charge in [-0.3, -0.25) is 4.98 Å². The molecule has 4 heteroatoms. The molecule has 0 bridgehead atoms. The highest BCUT2D eigenvalue weighted by Gasteiger charge is 2.04. The molecule has 0 atom stereocenters. The monoisotopic (exact) mass is 167 g/mol. The fourth-order valence-electron chi connectivity index (χ4n) is 1.14. The maximum atomic E-state index is 12.3. The molecular formula is C8H6FNO2. The van der Waals surface area contributed by atoms with E-state index in [2.05, 4.69) is 4.98 Å². The van der Waals surface area contributed by atoms with Gasteiger partial charge in [0.25, 0.3) is 0 Å². The van der Waals surface area contributed by atoms with Crippen molar-refractivity contribution < 1.29 is 8.81 Å². The Morgan fingerprint density at radius 2 is 2.33 bits per heavy atom. The van der Waals surface area contributed by atoms with Crippen LogP contribution in [0.25, 0.3) is 11.1 Å². The van der Waals surface area contributed by atoms with E-state index in [1.54, 1.807) is 18.2 Å². The van der Waals surface area contributed by atoms with E-state index in [9.17, 15) is 9.18 Å². The second-order valence-electron chi connectivity index (χ2n) is 2.44. The molecule has 12 heavy (non-hydrogen) atoms. The third-order valence-electron chi connectivity index (χ3n) is 1.67. The van der Waals surface area contributed by atoms with Crippen LogP contribution in [0.1, 0.15) is 5.56 Å². The molecule has 1 heterocycles. The van der Waals surface area contributed by atoms with Crippen molar-refractivity contribution in [1.29, 1.82) is 0 Å². The van der Waals surface area contributed by atoms with Crippen LogP contribution in [-0.4, -0.2) is 4.98 Å². The van der Waals surface area contributed by atoms with Gasteiger partial charge < -0.3 is 4.42 Å². The van der Waals surface area contributed by atoms with E-state index in [1.807, 2.05) is 0 Å². The molecule has 1 N–H and O–H groups in total. The van der Waals surface area contributed by atoms with Gasteiger partial charge >= 0.3 is 5.76 Å². The minimum atomic E-state index is -0.627. The number of hydrogen-bond donors (Lipinski definition) is 1. The summed E-state index contributed by atoms with van der Waals surface area (Å²) in [6.45, 7) is -0.627. The molecule has 0 saturated carbocycles. The van der Waals surface area contributed by atoms with Gasteiger partial charge in [-0.1, -0.05) is 12.1 Å². The molecule has 3 nitrogen and oxygen atoms in total. The largest absolute Gasteiger partial charge is 0.417 e. The maximum Gasteiger partial charge on any atom is 0.417 e. The quantitative estimate of drug-likeness (QED) is 0.701. The van der Waals surface area contributed by atoms with E-state index in [0.29, 0.717) is 16.7 Å². The summed E-state index contributed by atoms with van der Waals surface area (Å²) in [7, 11) is 0. The lowest BCUT2D eigenvalue weighted by Crippen LogP contribution is -1.92. The van der Waals surface area contributed by atoms with E-state index in [-0.39, 0.29) is 0 Å². The Balaban J connectivity index is 2.87. The highest BCUT2D eigenvalue weighted by atomic mass is 19.1. The van der Waals surface area contributed by atoms with Gasteiger partial charge in [0.1, 0.15) is 6.67 Å². The summed E-state index contributed by atoms with van der Waals surface area (Å²) in [4.78, 5) is 13.2. The molecule has 0 amide bonds. The van der Waals surface area contributed by atoms with Crippen LogP contribution in [0.15, 0.2) is 27.4 Å². The van der Waals surface area contributed by atoms with Crippen LogP contribution in [0.4, 0.5) is 4.39 Å². The van der Waals surface area contributed by atoms with Gasteiger partial charge in [0.15, 0.2) is 5.58 Å². The van der Waals surface area contributed by atoms with Crippen LogP contribution in [-0.2, 0) is 6.67 Å². The van der Waals surface area contributed by atoms with Crippen LogP contribution in [0.5, 0.6) is 0 Å². The number of nitrogens with one attached hydrogen (secondary N) is 1. The molecule has 1 aromatic carbocycles. The Bertz CT molecular complexity index is 457. The molecule has 2 rings (SSSR count). The number of aromatic nitrogens is 1. The number of aromatic amines is 1. The summed E-state index contributed by atoms with van der Waals surface area (Å²) in [5.41, 5.74) is 1.24. The van der Waals surface area contributed by atoms with Crippen LogP contribution in [0.3, 0.4) is 0 Å². The lowest BCUT2D eigenvalue weighted by Gasteiger charge is -1.92. The number of benzene rings is 1. The lowest BCUT2D eigenvalue weighted by atomic mass is 10.2. The number of rotatable bonds is 1. The predicted octanol–water partition coefficient (Wildman–Crippen LogP) is 1.59. The van der Waals surface area contributed by atoms with Crippen LogP contribution in [0, 0.1) is 0 Å².